The summed E-state index contributed by atoms with van der Waals surface area (Å²) in [4.78, 5) is 17.6. The molecule has 5 heterocycles. The Hall–Kier alpha value is -2.32. The summed E-state index contributed by atoms with van der Waals surface area (Å²) in [6.45, 7) is 3.40. The van der Waals surface area contributed by atoms with Crippen LogP contribution in [0.4, 0.5) is 5.82 Å². The number of rotatable bonds is 1. The Balaban J connectivity index is 1.69. The number of thiophene rings is 1. The van der Waals surface area contributed by atoms with E-state index in [9.17, 15) is 0 Å². The van der Waals surface area contributed by atoms with Crippen molar-refractivity contribution in [3.8, 4) is 0 Å². The van der Waals surface area contributed by atoms with Crippen molar-refractivity contribution >= 4 is 43.2 Å². The second kappa shape index (κ2) is 5.09. The maximum Gasteiger partial charge on any atom is 0.176 e. The second-order valence-electron chi connectivity index (χ2n) is 6.58. The third-order valence-corrected chi connectivity index (χ3v) is 6.31. The fraction of sp³-hybridized carbons (Fsp3) is 0.412. The molecule has 4 aromatic rings. The predicted octanol–water partition coefficient (Wildman–Crippen LogP) is 2.21. The Kier molecular flexibility index (Phi) is 2.83. The van der Waals surface area contributed by atoms with Crippen LogP contribution in [0.25, 0.3) is 26.1 Å². The molecule has 0 atom stereocenters. The Bertz CT molecular complexity index is 1130. The maximum absolute atomic E-state index is 5.52. The lowest BCUT2D eigenvalue weighted by Crippen LogP contribution is -2.37. The average Bonchev–Trinajstić information content (AvgIpc) is 3.37. The highest BCUT2D eigenvalue weighted by Crippen LogP contribution is 2.42. The number of anilines is 1. The minimum atomic E-state index is 0.781. The topological polar surface area (TPSA) is 68.4 Å². The quantitative estimate of drug-likeness (QED) is 0.523. The van der Waals surface area contributed by atoms with Crippen molar-refractivity contribution in [1.82, 2.24) is 24.6 Å². The van der Waals surface area contributed by atoms with E-state index in [-0.39, 0.29) is 0 Å². The van der Waals surface area contributed by atoms with E-state index in [1.807, 2.05) is 0 Å². The van der Waals surface area contributed by atoms with Crippen LogP contribution in [0.5, 0.6) is 0 Å². The van der Waals surface area contributed by atoms with Gasteiger partial charge in [0.25, 0.3) is 0 Å². The molecular weight excluding hydrogens is 336 g/mol. The minimum absolute atomic E-state index is 0.781. The van der Waals surface area contributed by atoms with E-state index in [2.05, 4.69) is 20.0 Å². The van der Waals surface area contributed by atoms with Gasteiger partial charge in [0.05, 0.1) is 18.7 Å². The predicted molar refractivity (Wildman–Crippen MR) is 96.5 cm³/mol. The van der Waals surface area contributed by atoms with Crippen molar-refractivity contribution in [3.05, 3.63) is 23.8 Å². The number of aromatic nitrogens is 5. The summed E-state index contributed by atoms with van der Waals surface area (Å²) >= 11 is 1.69. The van der Waals surface area contributed by atoms with Crippen molar-refractivity contribution in [1.29, 1.82) is 0 Å². The lowest BCUT2D eigenvalue weighted by molar-refractivity contribution is 0.122. The van der Waals surface area contributed by atoms with Crippen LogP contribution in [0.2, 0.25) is 0 Å². The Morgan fingerprint density at radius 1 is 1.08 bits per heavy atom. The smallest absolute Gasteiger partial charge is 0.176 e. The monoisotopic (exact) mass is 352 g/mol. The first-order valence-electron chi connectivity index (χ1n) is 8.65. The van der Waals surface area contributed by atoms with Crippen molar-refractivity contribution in [2.45, 2.75) is 19.3 Å². The molecule has 4 aromatic heterocycles. The van der Waals surface area contributed by atoms with Crippen LogP contribution in [0, 0.1) is 0 Å². The van der Waals surface area contributed by atoms with Gasteiger partial charge in [-0.05, 0) is 30.4 Å². The van der Waals surface area contributed by atoms with Gasteiger partial charge in [-0.15, -0.1) is 11.3 Å². The number of nitrogens with zero attached hydrogens (tertiary/aromatic N) is 6. The lowest BCUT2D eigenvalue weighted by Gasteiger charge is -2.29. The Labute approximate surface area is 147 Å². The highest BCUT2D eigenvalue weighted by Gasteiger charge is 2.27. The van der Waals surface area contributed by atoms with E-state index < -0.39 is 0 Å². The standard InChI is InChI=1S/C17H16N6OS/c1-2-10-11(3-1)15(22-4-6-24-7-5-22)21-17-12(10)13-14(25-17)16-18-8-20-23(16)9-19-13/h8-9H,1-7H2. The van der Waals surface area contributed by atoms with Gasteiger partial charge in [-0.3, -0.25) is 0 Å². The van der Waals surface area contributed by atoms with Gasteiger partial charge in [-0.25, -0.2) is 19.5 Å². The van der Waals surface area contributed by atoms with Gasteiger partial charge in [0.1, 0.15) is 28.0 Å². The molecule has 6 rings (SSSR count). The third kappa shape index (κ3) is 1.89. The molecular formula is C17H16N6OS. The number of morpholine rings is 1. The van der Waals surface area contributed by atoms with E-state index in [0.717, 1.165) is 65.7 Å². The zero-order valence-corrected chi connectivity index (χ0v) is 14.4. The fourth-order valence-electron chi connectivity index (χ4n) is 4.11. The molecule has 2 aliphatic rings. The molecule has 0 bridgehead atoms. The zero-order valence-electron chi connectivity index (χ0n) is 13.6. The molecule has 7 nitrogen and oxygen atoms in total. The Morgan fingerprint density at radius 3 is 2.88 bits per heavy atom. The first-order chi connectivity index (χ1) is 12.4. The van der Waals surface area contributed by atoms with Crippen LogP contribution in [0.3, 0.4) is 0 Å². The Morgan fingerprint density at radius 2 is 1.96 bits per heavy atom. The minimum Gasteiger partial charge on any atom is -0.378 e. The van der Waals surface area contributed by atoms with E-state index in [1.54, 1.807) is 28.5 Å². The van der Waals surface area contributed by atoms with Gasteiger partial charge >= 0.3 is 0 Å². The number of hydrogen-bond donors (Lipinski definition) is 0. The summed E-state index contributed by atoms with van der Waals surface area (Å²) in [7, 11) is 0. The lowest BCUT2D eigenvalue weighted by atomic mass is 10.1. The molecule has 126 valence electrons. The van der Waals surface area contributed by atoms with Crippen LogP contribution in [0.15, 0.2) is 12.7 Å². The summed E-state index contributed by atoms with van der Waals surface area (Å²) < 4.78 is 8.34. The maximum atomic E-state index is 5.52. The molecule has 0 amide bonds. The molecule has 0 radical (unpaired) electrons. The molecule has 1 saturated heterocycles. The van der Waals surface area contributed by atoms with Gasteiger partial charge < -0.3 is 9.64 Å². The number of aryl methyl sites for hydroxylation is 1. The fourth-order valence-corrected chi connectivity index (χ4v) is 5.25. The molecule has 25 heavy (non-hydrogen) atoms. The van der Waals surface area contributed by atoms with E-state index in [0.29, 0.717) is 0 Å². The third-order valence-electron chi connectivity index (χ3n) is 5.24. The molecule has 0 saturated carbocycles. The van der Waals surface area contributed by atoms with Crippen molar-refractivity contribution in [3.63, 3.8) is 0 Å². The molecule has 0 unspecified atom stereocenters. The molecule has 1 fully saturated rings. The molecule has 8 heteroatoms. The van der Waals surface area contributed by atoms with Gasteiger partial charge in [0.15, 0.2) is 5.65 Å². The SMILES string of the molecule is c1nc2c3sc4nc(N5CCOCC5)c5c(c4c3ncn2n1)CCC5. The zero-order chi connectivity index (χ0) is 16.4. The highest BCUT2D eigenvalue weighted by molar-refractivity contribution is 7.26. The summed E-state index contributed by atoms with van der Waals surface area (Å²) in [6, 6.07) is 0. The van der Waals surface area contributed by atoms with Crippen molar-refractivity contribution in [2.75, 3.05) is 31.2 Å². The van der Waals surface area contributed by atoms with Crippen LogP contribution in [-0.4, -0.2) is 50.9 Å². The van der Waals surface area contributed by atoms with Crippen molar-refractivity contribution in [2.24, 2.45) is 0 Å². The molecule has 0 aromatic carbocycles. The summed E-state index contributed by atoms with van der Waals surface area (Å²) in [5, 5.41) is 5.44. The number of hydrogen-bond acceptors (Lipinski definition) is 7. The summed E-state index contributed by atoms with van der Waals surface area (Å²) in [5.41, 5.74) is 4.75. The first kappa shape index (κ1) is 13.9. The normalized spacial score (nSPS) is 17.8. The molecule has 0 spiro atoms. The van der Waals surface area contributed by atoms with Crippen LogP contribution >= 0.6 is 11.3 Å². The molecule has 1 aliphatic carbocycles. The number of ether oxygens (including phenoxy) is 1. The summed E-state index contributed by atoms with van der Waals surface area (Å²) in [5.74, 6) is 1.16. The second-order valence-corrected chi connectivity index (χ2v) is 7.58. The van der Waals surface area contributed by atoms with Gasteiger partial charge in [0.2, 0.25) is 0 Å². The van der Waals surface area contributed by atoms with Gasteiger partial charge in [-0.1, -0.05) is 0 Å². The van der Waals surface area contributed by atoms with E-state index in [1.165, 1.54) is 22.9 Å². The van der Waals surface area contributed by atoms with E-state index >= 15 is 0 Å². The van der Waals surface area contributed by atoms with Crippen LogP contribution in [0.1, 0.15) is 17.5 Å². The number of fused-ring (bicyclic) bond motifs is 7. The molecule has 0 N–H and O–H groups in total. The highest BCUT2D eigenvalue weighted by atomic mass is 32.1. The van der Waals surface area contributed by atoms with Crippen molar-refractivity contribution < 1.29 is 4.74 Å². The molecule has 1 aliphatic heterocycles. The average molecular weight is 352 g/mol. The van der Waals surface area contributed by atoms with E-state index in [4.69, 9.17) is 9.72 Å². The van der Waals surface area contributed by atoms with Crippen LogP contribution in [-0.2, 0) is 17.6 Å². The van der Waals surface area contributed by atoms with Crippen LogP contribution < -0.4 is 4.90 Å². The largest absolute Gasteiger partial charge is 0.378 e. The first-order valence-corrected chi connectivity index (χ1v) is 9.47. The van der Waals surface area contributed by atoms with Gasteiger partial charge in [0, 0.05) is 18.5 Å². The summed E-state index contributed by atoms with van der Waals surface area (Å²) in [6.07, 6.45) is 6.75. The number of pyridine rings is 1. The van der Waals surface area contributed by atoms with Gasteiger partial charge in [-0.2, -0.15) is 5.10 Å².